The molecule has 3 aliphatic heterocycles. The fourth-order valence-electron chi connectivity index (χ4n) is 14.5. The van der Waals surface area contributed by atoms with Crippen molar-refractivity contribution in [3.8, 4) is 0 Å². The van der Waals surface area contributed by atoms with E-state index >= 15 is 0 Å². The lowest BCUT2D eigenvalue weighted by Crippen LogP contribution is -2.45. The first kappa shape index (κ1) is 77.8. The molecule has 3 saturated heterocycles. The lowest BCUT2D eigenvalue weighted by atomic mass is 9.97. The molecule has 0 spiro atoms. The maximum atomic E-state index is 13.4. The van der Waals surface area contributed by atoms with Crippen LogP contribution in [0.1, 0.15) is 249 Å². The number of nitrogens with zero attached hydrogens (tertiary/aromatic N) is 9. The molecule has 6 N–H and O–H groups in total. The molecule has 3 aromatic carbocycles. The van der Waals surface area contributed by atoms with Crippen LogP contribution < -0.4 is 16.4 Å². The average Bonchev–Trinajstić information content (AvgIpc) is 1.59. The number of carbonyl (C=O) groups excluding carboxylic acids is 4. The number of hydrogen-bond donors (Lipinski definition) is 5. The number of aromatic nitrogens is 4. The molecule has 105 heavy (non-hydrogen) atoms. The molecular weight excluding hydrogens is 1340 g/mol. The molecule has 572 valence electrons. The monoisotopic (exact) mass is 1450 g/mol. The highest BCUT2D eigenvalue weighted by molar-refractivity contribution is 5.89. The number of amides is 4. The molecule has 4 amide bonds. The second kappa shape index (κ2) is 32.0. The quantitative estimate of drug-likeness (QED) is 0.0179. The summed E-state index contributed by atoms with van der Waals surface area (Å²) >= 11 is 0. The van der Waals surface area contributed by atoms with E-state index in [4.69, 9.17) is 54.0 Å². The van der Waals surface area contributed by atoms with Crippen LogP contribution in [0.3, 0.4) is 0 Å². The highest BCUT2D eigenvalue weighted by Gasteiger charge is 2.57. The number of carbonyl (C=O) groups is 5. The van der Waals surface area contributed by atoms with Crippen LogP contribution in [0, 0.1) is 11.3 Å². The summed E-state index contributed by atoms with van der Waals surface area (Å²) in [5.41, 5.74) is 7.09. The number of carboxylic acids is 1. The number of amidine groups is 1. The lowest BCUT2D eigenvalue weighted by Gasteiger charge is -2.32. The smallest absolute Gasteiger partial charge is 0.410 e. The molecule has 0 radical (unpaired) electrons. The Hall–Kier alpha value is -8.32. The summed E-state index contributed by atoms with van der Waals surface area (Å²) in [5.74, 6) is 4.05. The Labute approximate surface area is 618 Å². The van der Waals surface area contributed by atoms with Gasteiger partial charge in [0.25, 0.3) is 0 Å². The Morgan fingerprint density at radius 1 is 0.552 bits per heavy atom. The molecule has 25 nitrogen and oxygen atoms in total. The molecule has 9 aliphatic rings. The Morgan fingerprint density at radius 2 is 0.952 bits per heavy atom. The van der Waals surface area contributed by atoms with Gasteiger partial charge in [-0.3, -0.25) is 4.79 Å². The molecule has 6 saturated carbocycles. The second-order valence-corrected chi connectivity index (χ2v) is 34.7. The fraction of sp³-hybridized carbons (Fsp3) is 0.650. The van der Waals surface area contributed by atoms with Gasteiger partial charge in [0.1, 0.15) is 28.2 Å². The summed E-state index contributed by atoms with van der Waals surface area (Å²) in [6.45, 7) is 28.5. The van der Waals surface area contributed by atoms with Gasteiger partial charge in [0.2, 0.25) is 11.8 Å². The van der Waals surface area contributed by atoms with Crippen LogP contribution in [-0.2, 0) is 34.6 Å². The molecule has 25 heteroatoms. The minimum absolute atomic E-state index is 0.0983. The van der Waals surface area contributed by atoms with E-state index in [0.717, 1.165) is 95.6 Å². The number of carboxylic acid groups (broad SMARTS) is 1. The number of likely N-dealkylation sites (tertiary alicyclic amines) is 2. The Balaban J connectivity index is 0.000000147. The van der Waals surface area contributed by atoms with Crippen LogP contribution in [0.2, 0.25) is 0 Å². The van der Waals surface area contributed by atoms with Crippen LogP contribution >= 0.6 is 0 Å². The summed E-state index contributed by atoms with van der Waals surface area (Å²) in [7, 11) is 0. The van der Waals surface area contributed by atoms with E-state index in [0.29, 0.717) is 93.5 Å². The van der Waals surface area contributed by atoms with Gasteiger partial charge >= 0.3 is 30.3 Å². The summed E-state index contributed by atoms with van der Waals surface area (Å²) in [4.78, 5) is 77.6. The molecule has 5 aromatic rings. The average molecular weight is 1450 g/mol. The third kappa shape index (κ3) is 21.3. The second-order valence-electron chi connectivity index (χ2n) is 34.7. The minimum Gasteiger partial charge on any atom is -0.481 e. The van der Waals surface area contributed by atoms with Gasteiger partial charge in [-0.2, -0.15) is 9.97 Å². The summed E-state index contributed by atoms with van der Waals surface area (Å²) in [6, 6.07) is 32.2. The fourth-order valence-corrected chi connectivity index (χ4v) is 14.5. The standard InChI is InChI=1S/C30H42N4O5.C20H26N4O.C19H27N3O3.C11H19NO4/c1-28(2,3)37-26(35)33-16-12-21(13-17-33)24-31-25(32-39-24)30(14-15-30)19-34(27(36)38-29(4,5)6)23-18-22(23)20-10-8-7-9-11-20;1-2-4-14(5-3-1)16-12-17(16)22-13-20(8-9-20)19-23-18(25-24-19)15-6-10-21-11-7-15;1-18(2,3)25-17(23)22(12-19(9-10-19)16(20)21-24)15-11-14(15)13-7-5-4-6-8-13;1-11(2,3)16-10(15)12-6-4-8(5-7-12)9(13)14/h7-11,21-23H,12-19H2,1-6H3;1-5,15-17,21-22H,6-13H2;4-8,14-15,24H,9-12H2,1-3H3,(H2,20,21);8H,4-7H2,1-3H3,(H,13,14)/t22-,23+;16-,17+;14-,15+;/m000./s1. The number of hydrogen-bond acceptors (Lipinski definition) is 19. The van der Waals surface area contributed by atoms with E-state index in [1.54, 1.807) is 14.7 Å². The van der Waals surface area contributed by atoms with Gasteiger partial charge < -0.3 is 74.3 Å². The molecule has 0 bridgehead atoms. The van der Waals surface area contributed by atoms with Crippen molar-refractivity contribution in [3.63, 3.8) is 0 Å². The highest BCUT2D eigenvalue weighted by Crippen LogP contribution is 2.54. The highest BCUT2D eigenvalue weighted by atomic mass is 16.6. The maximum absolute atomic E-state index is 13.4. The number of aliphatic carboxylic acids is 1. The van der Waals surface area contributed by atoms with E-state index in [-0.39, 0.29) is 65.0 Å². The van der Waals surface area contributed by atoms with Gasteiger partial charge in [-0.1, -0.05) is 106 Å². The van der Waals surface area contributed by atoms with Crippen molar-refractivity contribution in [1.82, 2.24) is 50.5 Å². The first-order chi connectivity index (χ1) is 49.7. The number of benzene rings is 3. The largest absolute Gasteiger partial charge is 0.481 e. The third-order valence-electron chi connectivity index (χ3n) is 21.4. The Bertz CT molecular complexity index is 3750. The number of nitrogens with two attached hydrogens (primary N) is 1. The maximum Gasteiger partial charge on any atom is 0.410 e. The van der Waals surface area contributed by atoms with Gasteiger partial charge in [0, 0.05) is 104 Å². The number of piperidine rings is 3. The topological polar surface area (TPSA) is 316 Å². The van der Waals surface area contributed by atoms with Crippen LogP contribution in [0.25, 0.3) is 0 Å². The summed E-state index contributed by atoms with van der Waals surface area (Å²) < 4.78 is 33.6. The summed E-state index contributed by atoms with van der Waals surface area (Å²) in [6.07, 6.45) is 12.4. The lowest BCUT2D eigenvalue weighted by molar-refractivity contribution is -0.143. The van der Waals surface area contributed by atoms with E-state index in [1.165, 1.54) is 36.0 Å². The van der Waals surface area contributed by atoms with Crippen molar-refractivity contribution in [1.29, 1.82) is 0 Å². The molecule has 2 aromatic heterocycles. The minimum atomic E-state index is -0.774. The Kier molecular flexibility index (Phi) is 23.7. The number of rotatable bonds is 18. The van der Waals surface area contributed by atoms with Crippen molar-refractivity contribution in [2.45, 2.75) is 260 Å². The molecule has 9 fully saturated rings. The molecule has 5 heterocycles. The third-order valence-corrected chi connectivity index (χ3v) is 21.4. The van der Waals surface area contributed by atoms with Gasteiger partial charge in [-0.05, 0) is 209 Å². The molecule has 0 unspecified atom stereocenters. The van der Waals surface area contributed by atoms with Crippen molar-refractivity contribution in [2.75, 3.05) is 58.9 Å². The predicted molar refractivity (Wildman–Crippen MR) is 395 cm³/mol. The van der Waals surface area contributed by atoms with E-state index in [2.05, 4.69) is 80.7 Å². The first-order valence-corrected chi connectivity index (χ1v) is 38.2. The number of nitrogens with one attached hydrogen (secondary N) is 2. The normalized spacial score (nSPS) is 23.8. The molecular formula is C80H114N12O13. The van der Waals surface area contributed by atoms with E-state index in [9.17, 15) is 24.0 Å². The van der Waals surface area contributed by atoms with Crippen LogP contribution in [0.15, 0.2) is 105 Å². The zero-order valence-electron chi connectivity index (χ0n) is 63.8. The SMILES string of the molecule is CC(C)(C)OC(=O)N(CC1(C(N)=NO)CC1)[C@@H]1C[C@H]1c1ccccc1.CC(C)(C)OC(=O)N1CCC(C(=O)O)CC1.CC(C)(C)OC(=O)N1CCC(c2nc(C3(CN(C(=O)OC(C)(C)C)[C@@H]4C[C@H]4c4ccccc4)CC3)no2)CC1.c1ccc([C@@H]2C[C@H]2NCC2(c3noc(C4CCNCC4)n3)CC2)cc1. The van der Waals surface area contributed by atoms with Crippen molar-refractivity contribution in [3.05, 3.63) is 131 Å². The summed E-state index contributed by atoms with van der Waals surface area (Å²) in [5, 5.41) is 37.0. The zero-order chi connectivity index (χ0) is 75.3. The number of ether oxygens (including phenoxy) is 4. The predicted octanol–water partition coefficient (Wildman–Crippen LogP) is 13.7. The van der Waals surface area contributed by atoms with Crippen LogP contribution in [0.4, 0.5) is 19.2 Å². The van der Waals surface area contributed by atoms with Gasteiger partial charge in [0.15, 0.2) is 11.6 Å². The van der Waals surface area contributed by atoms with Crippen molar-refractivity contribution >= 4 is 36.2 Å². The van der Waals surface area contributed by atoms with Crippen molar-refractivity contribution < 1.29 is 62.3 Å². The molecule has 6 atom stereocenters. The molecule has 6 aliphatic carbocycles. The first-order valence-electron chi connectivity index (χ1n) is 38.2. The van der Waals surface area contributed by atoms with Crippen molar-refractivity contribution in [2.24, 2.45) is 22.2 Å². The number of oxime groups is 1. The zero-order valence-corrected chi connectivity index (χ0v) is 63.8. The van der Waals surface area contributed by atoms with Crippen LogP contribution in [-0.4, -0.2) is 186 Å². The van der Waals surface area contributed by atoms with E-state index < -0.39 is 33.8 Å². The van der Waals surface area contributed by atoms with Gasteiger partial charge in [-0.25, -0.2) is 19.2 Å². The van der Waals surface area contributed by atoms with Gasteiger partial charge in [0.05, 0.1) is 11.3 Å². The van der Waals surface area contributed by atoms with E-state index in [1.807, 2.05) is 124 Å². The van der Waals surface area contributed by atoms with Gasteiger partial charge in [-0.15, -0.1) is 0 Å². The molecule has 14 rings (SSSR count). The Morgan fingerprint density at radius 3 is 1.35 bits per heavy atom. The van der Waals surface area contributed by atoms with Crippen LogP contribution in [0.5, 0.6) is 0 Å².